The summed E-state index contributed by atoms with van der Waals surface area (Å²) in [5.74, 6) is -1.23. The molecule has 1 heterocycles. The van der Waals surface area contributed by atoms with E-state index in [-0.39, 0.29) is 25.1 Å². The Hall–Kier alpha value is -1.98. The van der Waals surface area contributed by atoms with Gasteiger partial charge in [0.25, 0.3) is 0 Å². The van der Waals surface area contributed by atoms with E-state index in [9.17, 15) is 18.4 Å². The van der Waals surface area contributed by atoms with Crippen LogP contribution < -0.4 is 0 Å². The summed E-state index contributed by atoms with van der Waals surface area (Å²) in [6.07, 6.45) is -0.735. The molecule has 0 saturated carbocycles. The van der Waals surface area contributed by atoms with Crippen LogP contribution in [0.25, 0.3) is 0 Å². The normalized spacial score (nSPS) is 21.8. The molecule has 1 aromatic rings. The van der Waals surface area contributed by atoms with Gasteiger partial charge in [0.1, 0.15) is 11.4 Å². The number of ketones is 1. The van der Waals surface area contributed by atoms with E-state index < -0.39 is 29.0 Å². The fraction of sp³-hybridized carbons (Fsp3) is 0.500. The van der Waals surface area contributed by atoms with E-state index in [1.807, 2.05) is 0 Å². The molecule has 1 saturated heterocycles. The molecule has 0 bridgehead atoms. The van der Waals surface area contributed by atoms with E-state index in [4.69, 9.17) is 4.74 Å². The summed E-state index contributed by atoms with van der Waals surface area (Å²) >= 11 is 0. The summed E-state index contributed by atoms with van der Waals surface area (Å²) in [6, 6.07) is 4.71. The molecule has 1 amide bonds. The van der Waals surface area contributed by atoms with Crippen molar-refractivity contribution in [3.8, 4) is 0 Å². The molecule has 1 atom stereocenters. The van der Waals surface area contributed by atoms with Gasteiger partial charge in [-0.05, 0) is 45.0 Å². The molecule has 4 nitrogen and oxygen atoms in total. The Morgan fingerprint density at radius 1 is 1.23 bits per heavy atom. The van der Waals surface area contributed by atoms with Crippen LogP contribution in [0.5, 0.6) is 0 Å². The van der Waals surface area contributed by atoms with E-state index in [0.717, 1.165) is 12.1 Å². The Labute approximate surface area is 128 Å². The second-order valence-electron chi connectivity index (χ2n) is 6.45. The Balaban J connectivity index is 2.08. The van der Waals surface area contributed by atoms with E-state index in [0.29, 0.717) is 0 Å². The lowest BCUT2D eigenvalue weighted by atomic mass is 9.94. The van der Waals surface area contributed by atoms with Crippen LogP contribution in [-0.2, 0) is 4.74 Å². The van der Waals surface area contributed by atoms with Gasteiger partial charge >= 0.3 is 6.09 Å². The van der Waals surface area contributed by atoms with Gasteiger partial charge in [-0.25, -0.2) is 13.6 Å². The van der Waals surface area contributed by atoms with Crippen molar-refractivity contribution in [2.45, 2.75) is 38.5 Å². The number of carbonyl (C=O) groups is 2. The van der Waals surface area contributed by atoms with Gasteiger partial charge in [0.15, 0.2) is 5.67 Å². The zero-order chi connectivity index (χ0) is 16.5. The summed E-state index contributed by atoms with van der Waals surface area (Å²) < 4.78 is 32.9. The molecule has 1 unspecified atom stereocenters. The zero-order valence-corrected chi connectivity index (χ0v) is 12.9. The molecule has 1 fully saturated rings. The lowest BCUT2D eigenvalue weighted by molar-refractivity contribution is 0.0260. The van der Waals surface area contributed by atoms with Crippen LogP contribution in [0.4, 0.5) is 13.6 Å². The van der Waals surface area contributed by atoms with E-state index in [2.05, 4.69) is 0 Å². The first-order valence-corrected chi connectivity index (χ1v) is 7.08. The maximum Gasteiger partial charge on any atom is 0.410 e. The highest BCUT2D eigenvalue weighted by Gasteiger charge is 2.47. The van der Waals surface area contributed by atoms with Crippen molar-refractivity contribution < 1.29 is 23.1 Å². The molecule has 0 radical (unpaired) electrons. The van der Waals surface area contributed by atoms with Crippen molar-refractivity contribution in [3.63, 3.8) is 0 Å². The lowest BCUT2D eigenvalue weighted by Crippen LogP contribution is -2.41. The fourth-order valence-corrected chi connectivity index (χ4v) is 2.30. The number of hydrogen-bond donors (Lipinski definition) is 0. The average molecular weight is 311 g/mol. The zero-order valence-electron chi connectivity index (χ0n) is 12.9. The average Bonchev–Trinajstić information content (AvgIpc) is 2.81. The van der Waals surface area contributed by atoms with Crippen LogP contribution in [0.3, 0.4) is 0 Å². The summed E-state index contributed by atoms with van der Waals surface area (Å²) in [5.41, 5.74) is -2.75. The first-order valence-electron chi connectivity index (χ1n) is 7.08. The van der Waals surface area contributed by atoms with Crippen LogP contribution in [0.15, 0.2) is 24.3 Å². The van der Waals surface area contributed by atoms with Gasteiger partial charge in [0.05, 0.1) is 6.54 Å². The molecule has 1 aromatic carbocycles. The molecular formula is C16H19F2NO3. The Morgan fingerprint density at radius 3 is 2.36 bits per heavy atom. The quantitative estimate of drug-likeness (QED) is 0.787. The summed E-state index contributed by atoms with van der Waals surface area (Å²) in [7, 11) is 0. The monoisotopic (exact) mass is 311 g/mol. The maximum atomic E-state index is 14.8. The van der Waals surface area contributed by atoms with Gasteiger partial charge in [0.2, 0.25) is 5.78 Å². The van der Waals surface area contributed by atoms with Gasteiger partial charge in [-0.15, -0.1) is 0 Å². The molecule has 1 aliphatic heterocycles. The highest BCUT2D eigenvalue weighted by molar-refractivity contribution is 6.03. The number of halogens is 2. The number of likely N-dealkylation sites (tertiary alicyclic amines) is 1. The van der Waals surface area contributed by atoms with Gasteiger partial charge in [0, 0.05) is 18.5 Å². The van der Waals surface area contributed by atoms with Crippen molar-refractivity contribution in [3.05, 3.63) is 35.6 Å². The number of nitrogens with zero attached hydrogens (tertiary/aromatic N) is 1. The maximum absolute atomic E-state index is 14.8. The summed E-state index contributed by atoms with van der Waals surface area (Å²) in [6.45, 7) is 4.91. The van der Waals surface area contributed by atoms with Crippen molar-refractivity contribution in [2.75, 3.05) is 13.1 Å². The van der Waals surface area contributed by atoms with Crippen molar-refractivity contribution in [1.29, 1.82) is 0 Å². The molecule has 6 heteroatoms. The number of benzene rings is 1. The predicted octanol–water partition coefficient (Wildman–Crippen LogP) is 3.36. The highest BCUT2D eigenvalue weighted by atomic mass is 19.1. The third-order valence-electron chi connectivity index (χ3n) is 3.38. The SMILES string of the molecule is CC(C)(C)OC(=O)N1CCC(F)(C(=O)c2ccc(F)cc2)C1. The van der Waals surface area contributed by atoms with Gasteiger partial charge in [-0.2, -0.15) is 0 Å². The first-order chi connectivity index (χ1) is 10.1. The number of alkyl halides is 1. The molecule has 2 rings (SSSR count). The standard InChI is InChI=1S/C16H19F2NO3/c1-15(2,3)22-14(21)19-9-8-16(18,10-19)13(20)11-4-6-12(17)7-5-11/h4-7H,8-10H2,1-3H3. The van der Waals surface area contributed by atoms with Crippen LogP contribution in [0, 0.1) is 5.82 Å². The minimum absolute atomic E-state index is 0.0925. The molecule has 22 heavy (non-hydrogen) atoms. The number of rotatable bonds is 2. The van der Waals surface area contributed by atoms with E-state index in [1.54, 1.807) is 20.8 Å². The Kier molecular flexibility index (Phi) is 4.22. The third-order valence-corrected chi connectivity index (χ3v) is 3.38. The van der Waals surface area contributed by atoms with Crippen LogP contribution in [-0.4, -0.2) is 41.1 Å². The smallest absolute Gasteiger partial charge is 0.410 e. The second kappa shape index (κ2) is 5.66. The highest BCUT2D eigenvalue weighted by Crippen LogP contribution is 2.30. The molecular weight excluding hydrogens is 292 g/mol. The number of amides is 1. The van der Waals surface area contributed by atoms with Crippen molar-refractivity contribution in [2.24, 2.45) is 0 Å². The number of hydrogen-bond acceptors (Lipinski definition) is 3. The topological polar surface area (TPSA) is 46.6 Å². The van der Waals surface area contributed by atoms with E-state index in [1.165, 1.54) is 17.0 Å². The number of carbonyl (C=O) groups excluding carboxylic acids is 2. The molecule has 1 aliphatic rings. The van der Waals surface area contributed by atoms with Gasteiger partial charge in [-0.1, -0.05) is 0 Å². The molecule has 120 valence electrons. The van der Waals surface area contributed by atoms with Crippen LogP contribution >= 0.6 is 0 Å². The summed E-state index contributed by atoms with van der Waals surface area (Å²) in [5, 5.41) is 0. The number of Topliss-reactive ketones (excluding diaryl/α,β-unsaturated/α-hetero) is 1. The van der Waals surface area contributed by atoms with Crippen LogP contribution in [0.1, 0.15) is 37.6 Å². The van der Waals surface area contributed by atoms with Crippen molar-refractivity contribution >= 4 is 11.9 Å². The molecule has 0 aliphatic carbocycles. The number of ether oxygens (including phenoxy) is 1. The van der Waals surface area contributed by atoms with E-state index >= 15 is 0 Å². The minimum Gasteiger partial charge on any atom is -0.444 e. The van der Waals surface area contributed by atoms with Crippen molar-refractivity contribution in [1.82, 2.24) is 4.90 Å². The minimum atomic E-state index is -2.16. The predicted molar refractivity (Wildman–Crippen MR) is 77.0 cm³/mol. The largest absolute Gasteiger partial charge is 0.444 e. The Bertz CT molecular complexity index is 580. The molecule has 0 N–H and O–H groups in total. The summed E-state index contributed by atoms with van der Waals surface area (Å²) in [4.78, 5) is 25.4. The fourth-order valence-electron chi connectivity index (χ4n) is 2.30. The molecule has 0 spiro atoms. The first kappa shape index (κ1) is 16.4. The van der Waals surface area contributed by atoms with Gasteiger partial charge in [-0.3, -0.25) is 4.79 Å². The lowest BCUT2D eigenvalue weighted by Gasteiger charge is -2.25. The molecule has 0 aromatic heterocycles. The third kappa shape index (κ3) is 3.61. The van der Waals surface area contributed by atoms with Gasteiger partial charge < -0.3 is 9.64 Å². The van der Waals surface area contributed by atoms with Crippen LogP contribution in [0.2, 0.25) is 0 Å². The second-order valence-corrected chi connectivity index (χ2v) is 6.45. The Morgan fingerprint density at radius 2 is 1.82 bits per heavy atom.